The van der Waals surface area contributed by atoms with Crippen molar-refractivity contribution in [2.75, 3.05) is 25.7 Å². The first-order valence-corrected chi connectivity index (χ1v) is 7.57. The normalized spacial score (nSPS) is 19.6. The third-order valence-electron chi connectivity index (χ3n) is 2.07. The summed E-state index contributed by atoms with van der Waals surface area (Å²) < 4.78 is 11.4. The second-order valence-corrected chi connectivity index (χ2v) is 5.67. The molecule has 0 aliphatic heterocycles. The molecule has 0 aliphatic carbocycles. The lowest BCUT2D eigenvalue weighted by atomic mass is 10.5. The van der Waals surface area contributed by atoms with Gasteiger partial charge in [-0.1, -0.05) is 0 Å². The molecule has 0 rings (SSSR count). The van der Waals surface area contributed by atoms with Crippen LogP contribution >= 0.6 is 23.5 Å². The maximum absolute atomic E-state index is 5.68. The van der Waals surface area contributed by atoms with E-state index in [2.05, 4.69) is 5.32 Å². The Morgan fingerprint density at radius 3 is 1.47 bits per heavy atom. The summed E-state index contributed by atoms with van der Waals surface area (Å²) in [5.41, 5.74) is 0. The third kappa shape index (κ3) is 5.45. The van der Waals surface area contributed by atoms with Gasteiger partial charge in [0, 0.05) is 13.2 Å². The van der Waals surface area contributed by atoms with Gasteiger partial charge in [0.1, 0.15) is 0 Å². The Bertz CT molecular complexity index is 165. The summed E-state index contributed by atoms with van der Waals surface area (Å²) in [6.45, 7) is 9.39. The predicted molar refractivity (Wildman–Crippen MR) is 70.2 cm³/mol. The molecule has 0 aromatic heterocycles. The van der Waals surface area contributed by atoms with Crippen molar-refractivity contribution in [2.24, 2.45) is 0 Å². The lowest BCUT2D eigenvalue weighted by molar-refractivity contribution is -0.0579. The van der Waals surface area contributed by atoms with Crippen LogP contribution in [-0.2, 0) is 9.47 Å². The number of rotatable bonds is 8. The fourth-order valence-electron chi connectivity index (χ4n) is 1.26. The van der Waals surface area contributed by atoms with Crippen molar-refractivity contribution >= 4 is 23.5 Å². The van der Waals surface area contributed by atoms with Crippen LogP contribution in [0, 0.1) is 0 Å². The molecule has 0 saturated carbocycles. The van der Waals surface area contributed by atoms with Crippen LogP contribution in [-0.4, -0.2) is 35.8 Å². The van der Waals surface area contributed by atoms with E-state index in [0.29, 0.717) is 13.2 Å². The lowest BCUT2D eigenvalue weighted by Crippen LogP contribution is -2.54. The van der Waals surface area contributed by atoms with E-state index in [1.807, 2.05) is 40.2 Å². The van der Waals surface area contributed by atoms with Crippen LogP contribution < -0.4 is 5.32 Å². The van der Waals surface area contributed by atoms with Crippen molar-refractivity contribution in [3.05, 3.63) is 0 Å². The van der Waals surface area contributed by atoms with E-state index in [9.17, 15) is 0 Å². The SMILES string of the molecule is CCOC(C)(NC(C)(OCC)SC)SC. The van der Waals surface area contributed by atoms with Crippen molar-refractivity contribution in [3.8, 4) is 0 Å². The minimum Gasteiger partial charge on any atom is -0.352 e. The first-order chi connectivity index (χ1) is 6.95. The van der Waals surface area contributed by atoms with Crippen molar-refractivity contribution in [1.29, 1.82) is 0 Å². The predicted octanol–water partition coefficient (Wildman–Crippen LogP) is 2.72. The zero-order chi connectivity index (χ0) is 11.9. The van der Waals surface area contributed by atoms with Gasteiger partial charge in [0.2, 0.25) is 0 Å². The van der Waals surface area contributed by atoms with Crippen LogP contribution in [0.5, 0.6) is 0 Å². The van der Waals surface area contributed by atoms with E-state index in [-0.39, 0.29) is 0 Å². The minimum atomic E-state index is -0.401. The summed E-state index contributed by atoms with van der Waals surface area (Å²) in [5.74, 6) is 0. The molecular formula is C10H23NO2S2. The Kier molecular flexibility index (Phi) is 7.28. The summed E-state index contributed by atoms with van der Waals surface area (Å²) in [6.07, 6.45) is 4.05. The van der Waals surface area contributed by atoms with Crippen LogP contribution in [0.4, 0.5) is 0 Å². The van der Waals surface area contributed by atoms with Gasteiger partial charge in [-0.05, 0) is 40.2 Å². The van der Waals surface area contributed by atoms with Crippen LogP contribution in [0.2, 0.25) is 0 Å². The molecule has 15 heavy (non-hydrogen) atoms. The Balaban J connectivity index is 4.47. The van der Waals surface area contributed by atoms with Crippen LogP contribution in [0.25, 0.3) is 0 Å². The Labute approximate surface area is 102 Å². The summed E-state index contributed by atoms with van der Waals surface area (Å²) in [7, 11) is 0. The Morgan fingerprint density at radius 1 is 0.933 bits per heavy atom. The Hall–Kier alpha value is 0.580. The van der Waals surface area contributed by atoms with Crippen molar-refractivity contribution < 1.29 is 9.47 Å². The number of ether oxygens (including phenoxy) is 2. The van der Waals surface area contributed by atoms with Gasteiger partial charge >= 0.3 is 0 Å². The fraction of sp³-hybridized carbons (Fsp3) is 1.00. The van der Waals surface area contributed by atoms with Crippen LogP contribution in [0.1, 0.15) is 27.7 Å². The van der Waals surface area contributed by atoms with E-state index >= 15 is 0 Å². The molecular weight excluding hydrogens is 230 g/mol. The lowest BCUT2D eigenvalue weighted by Gasteiger charge is -2.38. The first kappa shape index (κ1) is 15.6. The molecule has 0 saturated heterocycles. The topological polar surface area (TPSA) is 30.5 Å². The fourth-order valence-corrected chi connectivity index (χ4v) is 2.39. The zero-order valence-electron chi connectivity index (χ0n) is 10.5. The molecule has 1 N–H and O–H groups in total. The molecule has 0 aromatic rings. The molecule has 0 bridgehead atoms. The summed E-state index contributed by atoms with van der Waals surface area (Å²) in [5, 5.41) is 2.59. The molecule has 0 aromatic carbocycles. The van der Waals surface area contributed by atoms with Gasteiger partial charge in [-0.15, -0.1) is 23.5 Å². The van der Waals surface area contributed by atoms with Gasteiger partial charge in [-0.2, -0.15) is 0 Å². The van der Waals surface area contributed by atoms with E-state index < -0.39 is 10.1 Å². The average molecular weight is 253 g/mol. The number of hydrogen-bond donors (Lipinski definition) is 1. The third-order valence-corrected chi connectivity index (χ3v) is 4.07. The molecule has 0 fully saturated rings. The highest BCUT2D eigenvalue weighted by atomic mass is 32.2. The molecule has 0 heterocycles. The van der Waals surface area contributed by atoms with Gasteiger partial charge in [0.15, 0.2) is 10.1 Å². The molecule has 5 heteroatoms. The highest BCUT2D eigenvalue weighted by Gasteiger charge is 2.34. The number of thioether (sulfide) groups is 2. The maximum Gasteiger partial charge on any atom is 0.166 e. The Morgan fingerprint density at radius 2 is 1.27 bits per heavy atom. The molecule has 2 atom stereocenters. The smallest absolute Gasteiger partial charge is 0.166 e. The van der Waals surface area contributed by atoms with Crippen molar-refractivity contribution in [2.45, 2.75) is 37.8 Å². The van der Waals surface area contributed by atoms with Gasteiger partial charge in [0.05, 0.1) is 0 Å². The van der Waals surface area contributed by atoms with Crippen molar-refractivity contribution in [3.63, 3.8) is 0 Å². The highest BCUT2D eigenvalue weighted by Crippen LogP contribution is 2.29. The monoisotopic (exact) mass is 253 g/mol. The van der Waals surface area contributed by atoms with Gasteiger partial charge < -0.3 is 9.47 Å². The zero-order valence-corrected chi connectivity index (χ0v) is 12.2. The van der Waals surface area contributed by atoms with Crippen LogP contribution in [0.15, 0.2) is 0 Å². The number of hydrogen-bond acceptors (Lipinski definition) is 5. The standard InChI is InChI=1S/C10H23NO2S2/c1-7-12-9(3,14-5)11-10(4,15-6)13-8-2/h11H,7-8H2,1-6H3. The maximum atomic E-state index is 5.68. The molecule has 92 valence electrons. The van der Waals surface area contributed by atoms with Crippen molar-refractivity contribution in [1.82, 2.24) is 5.32 Å². The van der Waals surface area contributed by atoms with E-state index in [1.165, 1.54) is 0 Å². The molecule has 0 spiro atoms. The van der Waals surface area contributed by atoms with E-state index in [4.69, 9.17) is 9.47 Å². The van der Waals surface area contributed by atoms with Crippen LogP contribution in [0.3, 0.4) is 0 Å². The minimum absolute atomic E-state index is 0.401. The summed E-state index contributed by atoms with van der Waals surface area (Å²) >= 11 is 3.28. The highest BCUT2D eigenvalue weighted by molar-refractivity contribution is 8.00. The molecule has 0 aliphatic rings. The summed E-state index contributed by atoms with van der Waals surface area (Å²) in [6, 6.07) is 0. The van der Waals surface area contributed by atoms with Gasteiger partial charge in [-0.25, -0.2) is 5.32 Å². The number of nitrogens with one attached hydrogen (secondary N) is 1. The average Bonchev–Trinajstić information content (AvgIpc) is 2.18. The van der Waals surface area contributed by atoms with Gasteiger partial charge in [-0.3, -0.25) is 0 Å². The van der Waals surface area contributed by atoms with Gasteiger partial charge in [0.25, 0.3) is 0 Å². The molecule has 0 radical (unpaired) electrons. The molecule has 0 amide bonds. The van der Waals surface area contributed by atoms with E-state index in [0.717, 1.165) is 0 Å². The second kappa shape index (κ2) is 7.01. The second-order valence-electron chi connectivity index (χ2n) is 3.29. The quantitative estimate of drug-likeness (QED) is 0.672. The molecule has 3 nitrogen and oxygen atoms in total. The van der Waals surface area contributed by atoms with E-state index in [1.54, 1.807) is 23.5 Å². The first-order valence-electron chi connectivity index (χ1n) is 5.12. The largest absolute Gasteiger partial charge is 0.352 e. The molecule has 2 unspecified atom stereocenters. The summed E-state index contributed by atoms with van der Waals surface area (Å²) in [4.78, 5) is 0.